The number of aryl methyl sites for hydroxylation is 1. The lowest BCUT2D eigenvalue weighted by atomic mass is 9.90. The number of benzene rings is 1. The number of nitrogens with zero attached hydrogens (tertiary/aromatic N) is 1. The molecule has 7 heteroatoms. The van der Waals surface area contributed by atoms with E-state index in [4.69, 9.17) is 9.84 Å². The normalized spacial score (nSPS) is 21.4. The highest BCUT2D eigenvalue weighted by Gasteiger charge is 2.49. The fourth-order valence-electron chi connectivity index (χ4n) is 2.36. The van der Waals surface area contributed by atoms with Crippen molar-refractivity contribution in [1.82, 2.24) is 10.2 Å². The molecule has 1 saturated heterocycles. The molecule has 0 saturated carbocycles. The molecule has 2 N–H and O–H groups in total. The van der Waals surface area contributed by atoms with Gasteiger partial charge >= 0.3 is 12.0 Å². The van der Waals surface area contributed by atoms with Crippen LogP contribution < -0.4 is 10.1 Å². The number of ether oxygens (including phenoxy) is 1. The number of hydrogen-bond donors (Lipinski definition) is 2. The third-order valence-electron chi connectivity index (χ3n) is 3.54. The number of carbonyl (C=O) groups is 3. The number of rotatable bonds is 4. The van der Waals surface area contributed by atoms with E-state index in [9.17, 15) is 14.4 Å². The van der Waals surface area contributed by atoms with Crippen molar-refractivity contribution < 1.29 is 24.2 Å². The Bertz CT molecular complexity index is 628. The van der Waals surface area contributed by atoms with E-state index in [1.807, 2.05) is 6.92 Å². The van der Waals surface area contributed by atoms with Crippen LogP contribution in [0.15, 0.2) is 18.2 Å². The first-order chi connectivity index (χ1) is 9.79. The second-order valence-corrected chi connectivity index (χ2v) is 5.02. The average molecular weight is 292 g/mol. The Morgan fingerprint density at radius 2 is 2.10 bits per heavy atom. The van der Waals surface area contributed by atoms with Crippen LogP contribution in [0.25, 0.3) is 0 Å². The summed E-state index contributed by atoms with van der Waals surface area (Å²) in [6.45, 7) is 2.72. The van der Waals surface area contributed by atoms with Gasteiger partial charge in [0.05, 0.1) is 7.11 Å². The molecule has 1 aliphatic heterocycles. The van der Waals surface area contributed by atoms with Crippen molar-refractivity contribution in [1.29, 1.82) is 0 Å². The lowest BCUT2D eigenvalue weighted by Gasteiger charge is -2.23. The minimum absolute atomic E-state index is 0.576. The Balaban J connectivity index is 2.39. The van der Waals surface area contributed by atoms with Gasteiger partial charge in [-0.25, -0.2) is 4.79 Å². The molecule has 21 heavy (non-hydrogen) atoms. The standard InChI is InChI=1S/C14H16N2O5/c1-8-6-9(4-5-10(8)21-3)14(2)12(19)16(7-11(17)18)13(20)15-14/h4-6H,7H2,1-3H3,(H,15,20)(H,17,18). The van der Waals surface area contributed by atoms with Gasteiger partial charge in [0, 0.05) is 0 Å². The zero-order valence-corrected chi connectivity index (χ0v) is 12.0. The van der Waals surface area contributed by atoms with Gasteiger partial charge in [-0.15, -0.1) is 0 Å². The van der Waals surface area contributed by atoms with Crippen LogP contribution in [0.5, 0.6) is 5.75 Å². The van der Waals surface area contributed by atoms with Crippen molar-refractivity contribution >= 4 is 17.9 Å². The van der Waals surface area contributed by atoms with E-state index in [1.54, 1.807) is 32.2 Å². The van der Waals surface area contributed by atoms with Crippen LogP contribution in [-0.4, -0.2) is 41.6 Å². The zero-order valence-electron chi connectivity index (χ0n) is 12.0. The fourth-order valence-corrected chi connectivity index (χ4v) is 2.36. The number of imide groups is 1. The Labute approximate surface area is 121 Å². The maximum atomic E-state index is 12.4. The van der Waals surface area contributed by atoms with E-state index in [0.717, 1.165) is 5.56 Å². The van der Waals surface area contributed by atoms with Crippen LogP contribution in [0.4, 0.5) is 4.79 Å². The number of amides is 3. The number of hydrogen-bond acceptors (Lipinski definition) is 4. The molecule has 1 fully saturated rings. The molecule has 1 atom stereocenters. The number of methoxy groups -OCH3 is 1. The fraction of sp³-hybridized carbons (Fsp3) is 0.357. The van der Waals surface area contributed by atoms with Gasteiger partial charge in [0.1, 0.15) is 17.8 Å². The molecule has 0 bridgehead atoms. The van der Waals surface area contributed by atoms with Crippen LogP contribution in [-0.2, 0) is 15.1 Å². The third-order valence-corrected chi connectivity index (χ3v) is 3.54. The van der Waals surface area contributed by atoms with Crippen LogP contribution in [0.1, 0.15) is 18.1 Å². The quantitative estimate of drug-likeness (QED) is 0.802. The summed E-state index contributed by atoms with van der Waals surface area (Å²) in [5.74, 6) is -1.16. The first kappa shape index (κ1) is 14.8. The summed E-state index contributed by atoms with van der Waals surface area (Å²) in [4.78, 5) is 35.6. The number of carboxylic acids is 1. The van der Waals surface area contributed by atoms with Crippen molar-refractivity contribution in [2.45, 2.75) is 19.4 Å². The smallest absolute Gasteiger partial charge is 0.325 e. The minimum atomic E-state index is -1.27. The van der Waals surface area contributed by atoms with E-state index in [2.05, 4.69) is 5.32 Å². The molecule has 1 aromatic carbocycles. The summed E-state index contributed by atoms with van der Waals surface area (Å²) >= 11 is 0. The predicted molar refractivity (Wildman–Crippen MR) is 73.0 cm³/mol. The van der Waals surface area contributed by atoms with Gasteiger partial charge in [-0.1, -0.05) is 6.07 Å². The summed E-state index contributed by atoms with van der Waals surface area (Å²) in [6, 6.07) is 4.41. The van der Waals surface area contributed by atoms with Crippen molar-refractivity contribution in [2.24, 2.45) is 0 Å². The number of aliphatic carboxylic acids is 1. The first-order valence-corrected chi connectivity index (χ1v) is 6.30. The Morgan fingerprint density at radius 1 is 1.43 bits per heavy atom. The van der Waals surface area contributed by atoms with Gasteiger partial charge in [-0.2, -0.15) is 0 Å². The van der Waals surface area contributed by atoms with Crippen molar-refractivity contribution in [3.8, 4) is 5.75 Å². The number of nitrogens with one attached hydrogen (secondary N) is 1. The summed E-state index contributed by atoms with van der Waals surface area (Å²) < 4.78 is 5.16. The summed E-state index contributed by atoms with van der Waals surface area (Å²) in [6.07, 6.45) is 0. The van der Waals surface area contributed by atoms with Crippen LogP contribution in [0.2, 0.25) is 0 Å². The molecule has 7 nitrogen and oxygen atoms in total. The second-order valence-electron chi connectivity index (χ2n) is 5.02. The largest absolute Gasteiger partial charge is 0.496 e. The minimum Gasteiger partial charge on any atom is -0.496 e. The average Bonchev–Trinajstić information content (AvgIpc) is 2.63. The number of carboxylic acid groups (broad SMARTS) is 1. The molecule has 0 aromatic heterocycles. The van der Waals surface area contributed by atoms with Crippen molar-refractivity contribution in [3.05, 3.63) is 29.3 Å². The van der Waals surface area contributed by atoms with Crippen LogP contribution in [0, 0.1) is 6.92 Å². The van der Waals surface area contributed by atoms with Gasteiger partial charge in [0.25, 0.3) is 5.91 Å². The van der Waals surface area contributed by atoms with Crippen LogP contribution in [0.3, 0.4) is 0 Å². The molecule has 1 heterocycles. The number of urea groups is 1. The molecule has 112 valence electrons. The molecule has 1 aromatic rings. The highest BCUT2D eigenvalue weighted by Crippen LogP contribution is 2.31. The lowest BCUT2D eigenvalue weighted by molar-refractivity contribution is -0.142. The van der Waals surface area contributed by atoms with E-state index < -0.39 is 30.0 Å². The van der Waals surface area contributed by atoms with Gasteiger partial charge in [-0.05, 0) is 37.1 Å². The topological polar surface area (TPSA) is 95.9 Å². The molecule has 3 amide bonds. The highest BCUT2D eigenvalue weighted by molar-refractivity contribution is 6.08. The maximum absolute atomic E-state index is 12.4. The highest BCUT2D eigenvalue weighted by atomic mass is 16.5. The van der Waals surface area contributed by atoms with Crippen molar-refractivity contribution in [3.63, 3.8) is 0 Å². The van der Waals surface area contributed by atoms with Gasteiger partial charge in [0.2, 0.25) is 0 Å². The van der Waals surface area contributed by atoms with E-state index in [1.165, 1.54) is 0 Å². The van der Waals surface area contributed by atoms with E-state index in [0.29, 0.717) is 16.2 Å². The zero-order chi connectivity index (χ0) is 15.8. The van der Waals surface area contributed by atoms with Crippen molar-refractivity contribution in [2.75, 3.05) is 13.7 Å². The molecule has 1 unspecified atom stereocenters. The molecule has 0 spiro atoms. The third kappa shape index (κ3) is 2.42. The van der Waals surface area contributed by atoms with E-state index in [-0.39, 0.29) is 0 Å². The maximum Gasteiger partial charge on any atom is 0.325 e. The first-order valence-electron chi connectivity index (χ1n) is 6.30. The lowest BCUT2D eigenvalue weighted by Crippen LogP contribution is -2.41. The van der Waals surface area contributed by atoms with Gasteiger partial charge in [0.15, 0.2) is 0 Å². The summed E-state index contributed by atoms with van der Waals surface area (Å²) in [5, 5.41) is 11.3. The monoisotopic (exact) mass is 292 g/mol. The summed E-state index contributed by atoms with van der Waals surface area (Å²) in [7, 11) is 1.54. The SMILES string of the molecule is COc1ccc(C2(C)NC(=O)N(CC(=O)O)C2=O)cc1C. The molecule has 0 radical (unpaired) electrons. The van der Waals surface area contributed by atoms with Crippen LogP contribution >= 0.6 is 0 Å². The van der Waals surface area contributed by atoms with E-state index >= 15 is 0 Å². The molecule has 1 aliphatic rings. The Morgan fingerprint density at radius 3 is 2.62 bits per heavy atom. The second kappa shape index (κ2) is 5.08. The Hall–Kier alpha value is -2.57. The molecular formula is C14H16N2O5. The van der Waals surface area contributed by atoms with Gasteiger partial charge < -0.3 is 15.2 Å². The molecule has 2 rings (SSSR count). The molecule has 0 aliphatic carbocycles. The number of carbonyl (C=O) groups excluding carboxylic acids is 2. The predicted octanol–water partition coefficient (Wildman–Crippen LogP) is 0.855. The summed E-state index contributed by atoms with van der Waals surface area (Å²) in [5.41, 5.74) is 0.116. The molecular weight excluding hydrogens is 276 g/mol. The Kier molecular flexibility index (Phi) is 3.59. The van der Waals surface area contributed by atoms with Gasteiger partial charge in [-0.3, -0.25) is 14.5 Å².